The van der Waals surface area contributed by atoms with Gasteiger partial charge in [-0.3, -0.25) is 0 Å². The number of ether oxygens (including phenoxy) is 2. The highest BCUT2D eigenvalue weighted by molar-refractivity contribution is 5.29. The van der Waals surface area contributed by atoms with Gasteiger partial charge in [-0.05, 0) is 50.4 Å². The summed E-state index contributed by atoms with van der Waals surface area (Å²) in [6.07, 6.45) is 5.16. The van der Waals surface area contributed by atoms with Crippen molar-refractivity contribution in [3.05, 3.63) is 29.8 Å². The van der Waals surface area contributed by atoms with E-state index in [2.05, 4.69) is 43.4 Å². The van der Waals surface area contributed by atoms with E-state index in [-0.39, 0.29) is 0 Å². The minimum Gasteiger partial charge on any atom is -0.490 e. The summed E-state index contributed by atoms with van der Waals surface area (Å²) in [6.45, 7) is 5.30. The molecule has 0 amide bonds. The highest BCUT2D eigenvalue weighted by atomic mass is 16.5. The lowest BCUT2D eigenvalue weighted by Crippen LogP contribution is -2.29. The van der Waals surface area contributed by atoms with Gasteiger partial charge >= 0.3 is 0 Å². The van der Waals surface area contributed by atoms with Crippen LogP contribution in [0.25, 0.3) is 0 Å². The van der Waals surface area contributed by atoms with Crippen LogP contribution in [0, 0.1) is 0 Å². The van der Waals surface area contributed by atoms with Gasteiger partial charge in [-0.1, -0.05) is 19.1 Å². The molecule has 3 atom stereocenters. The first-order chi connectivity index (χ1) is 9.72. The van der Waals surface area contributed by atoms with Crippen LogP contribution < -0.4 is 10.1 Å². The Morgan fingerprint density at radius 3 is 2.55 bits per heavy atom. The molecule has 1 fully saturated rings. The van der Waals surface area contributed by atoms with Crippen LogP contribution in [0.15, 0.2) is 24.3 Å². The summed E-state index contributed by atoms with van der Waals surface area (Å²) in [7, 11) is 1.80. The van der Waals surface area contributed by atoms with Gasteiger partial charge in [0.25, 0.3) is 0 Å². The van der Waals surface area contributed by atoms with Gasteiger partial charge in [-0.15, -0.1) is 0 Å². The second kappa shape index (κ2) is 7.65. The Morgan fingerprint density at radius 2 is 1.90 bits per heavy atom. The van der Waals surface area contributed by atoms with E-state index >= 15 is 0 Å². The van der Waals surface area contributed by atoms with Crippen molar-refractivity contribution in [3.8, 4) is 5.75 Å². The van der Waals surface area contributed by atoms with Gasteiger partial charge in [0.1, 0.15) is 11.9 Å². The Morgan fingerprint density at radius 1 is 1.20 bits per heavy atom. The number of methoxy groups -OCH3 is 1. The third kappa shape index (κ3) is 4.22. The smallest absolute Gasteiger partial charge is 0.119 e. The maximum absolute atomic E-state index is 6.08. The Labute approximate surface area is 122 Å². The number of hydrogen-bond acceptors (Lipinski definition) is 3. The molecule has 0 bridgehead atoms. The zero-order valence-corrected chi connectivity index (χ0v) is 12.9. The van der Waals surface area contributed by atoms with Gasteiger partial charge in [-0.25, -0.2) is 0 Å². The monoisotopic (exact) mass is 277 g/mol. The second-order valence-electron chi connectivity index (χ2n) is 5.61. The van der Waals surface area contributed by atoms with Crippen molar-refractivity contribution in [2.75, 3.05) is 13.7 Å². The van der Waals surface area contributed by atoms with Gasteiger partial charge in [0.2, 0.25) is 0 Å². The number of nitrogens with one attached hydrogen (secondary N) is 1. The fourth-order valence-corrected chi connectivity index (χ4v) is 2.87. The molecule has 1 aliphatic rings. The number of hydrogen-bond donors (Lipinski definition) is 1. The summed E-state index contributed by atoms with van der Waals surface area (Å²) in [6, 6.07) is 8.86. The second-order valence-corrected chi connectivity index (χ2v) is 5.61. The molecule has 2 rings (SSSR count). The fraction of sp³-hybridized carbons (Fsp3) is 0.647. The molecule has 20 heavy (non-hydrogen) atoms. The Balaban J connectivity index is 1.90. The normalized spacial score (nSPS) is 24.4. The lowest BCUT2D eigenvalue weighted by atomic mass is 9.95. The van der Waals surface area contributed by atoms with Crippen molar-refractivity contribution in [3.63, 3.8) is 0 Å². The average Bonchev–Trinajstić information content (AvgIpc) is 2.48. The van der Waals surface area contributed by atoms with Gasteiger partial charge < -0.3 is 14.8 Å². The molecule has 0 spiro atoms. The first-order valence-electron chi connectivity index (χ1n) is 7.75. The fourth-order valence-electron chi connectivity index (χ4n) is 2.87. The first kappa shape index (κ1) is 15.3. The zero-order chi connectivity index (χ0) is 14.4. The van der Waals surface area contributed by atoms with E-state index in [4.69, 9.17) is 9.47 Å². The molecule has 1 aromatic rings. The van der Waals surface area contributed by atoms with Crippen molar-refractivity contribution in [1.29, 1.82) is 0 Å². The molecule has 0 saturated heterocycles. The molecule has 1 aliphatic carbocycles. The highest BCUT2D eigenvalue weighted by Crippen LogP contribution is 2.26. The van der Waals surface area contributed by atoms with E-state index in [1.165, 1.54) is 12.0 Å². The van der Waals surface area contributed by atoms with E-state index in [0.29, 0.717) is 18.2 Å². The number of rotatable bonds is 6. The maximum atomic E-state index is 6.08. The summed E-state index contributed by atoms with van der Waals surface area (Å²) in [5, 5.41) is 3.42. The van der Waals surface area contributed by atoms with Crippen LogP contribution in [-0.4, -0.2) is 25.9 Å². The van der Waals surface area contributed by atoms with Gasteiger partial charge in [-0.2, -0.15) is 0 Å². The first-order valence-corrected chi connectivity index (χ1v) is 7.75. The average molecular weight is 277 g/mol. The topological polar surface area (TPSA) is 30.5 Å². The predicted molar refractivity (Wildman–Crippen MR) is 82.2 cm³/mol. The van der Waals surface area contributed by atoms with E-state index in [0.717, 1.165) is 31.6 Å². The third-order valence-corrected chi connectivity index (χ3v) is 4.10. The van der Waals surface area contributed by atoms with Crippen LogP contribution in [0.3, 0.4) is 0 Å². The Kier molecular flexibility index (Phi) is 5.86. The molecule has 0 aromatic heterocycles. The number of benzene rings is 1. The molecule has 112 valence electrons. The molecular formula is C17H27NO2. The van der Waals surface area contributed by atoms with Crippen LogP contribution >= 0.6 is 0 Å². The molecule has 0 aliphatic heterocycles. The Hall–Kier alpha value is -1.06. The van der Waals surface area contributed by atoms with Crippen molar-refractivity contribution in [1.82, 2.24) is 5.32 Å². The lowest BCUT2D eigenvalue weighted by Gasteiger charge is -2.28. The lowest BCUT2D eigenvalue weighted by molar-refractivity contribution is 0.0209. The molecule has 1 aromatic carbocycles. The summed E-state index contributed by atoms with van der Waals surface area (Å²) < 4.78 is 11.5. The van der Waals surface area contributed by atoms with Gasteiger partial charge in [0, 0.05) is 19.6 Å². The van der Waals surface area contributed by atoms with Crippen molar-refractivity contribution in [2.45, 2.75) is 57.8 Å². The molecular weight excluding hydrogens is 250 g/mol. The summed E-state index contributed by atoms with van der Waals surface area (Å²) in [5.41, 5.74) is 1.30. The summed E-state index contributed by atoms with van der Waals surface area (Å²) in [4.78, 5) is 0. The Bertz CT molecular complexity index is 390. The van der Waals surface area contributed by atoms with E-state index in [1.807, 2.05) is 0 Å². The van der Waals surface area contributed by atoms with Crippen LogP contribution in [-0.2, 0) is 4.74 Å². The standard InChI is InChI=1S/C17H27NO2/c1-4-18-13(2)14-8-10-15(11-9-14)20-17-7-5-6-16(12-17)19-3/h8-11,13,16-18H,4-7,12H2,1-3H3. The molecule has 0 radical (unpaired) electrons. The SMILES string of the molecule is CCNC(C)c1ccc(OC2CCCC(OC)C2)cc1. The molecule has 0 heterocycles. The van der Waals surface area contributed by atoms with Crippen LogP contribution in [0.4, 0.5) is 0 Å². The summed E-state index contributed by atoms with van der Waals surface area (Å²) in [5.74, 6) is 0.971. The van der Waals surface area contributed by atoms with E-state index in [1.54, 1.807) is 7.11 Å². The van der Waals surface area contributed by atoms with Crippen molar-refractivity contribution >= 4 is 0 Å². The largest absolute Gasteiger partial charge is 0.490 e. The summed E-state index contributed by atoms with van der Waals surface area (Å²) >= 11 is 0. The van der Waals surface area contributed by atoms with Gasteiger partial charge in [0.05, 0.1) is 6.10 Å². The van der Waals surface area contributed by atoms with Crippen LogP contribution in [0.5, 0.6) is 5.75 Å². The van der Waals surface area contributed by atoms with E-state index < -0.39 is 0 Å². The molecule has 1 saturated carbocycles. The molecule has 3 unspecified atom stereocenters. The van der Waals surface area contributed by atoms with Crippen molar-refractivity contribution < 1.29 is 9.47 Å². The van der Waals surface area contributed by atoms with E-state index in [9.17, 15) is 0 Å². The zero-order valence-electron chi connectivity index (χ0n) is 12.9. The minimum absolute atomic E-state index is 0.297. The predicted octanol–water partition coefficient (Wildman–Crippen LogP) is 3.69. The van der Waals surface area contributed by atoms with Crippen molar-refractivity contribution in [2.24, 2.45) is 0 Å². The molecule has 1 N–H and O–H groups in total. The van der Waals surface area contributed by atoms with Gasteiger partial charge in [0.15, 0.2) is 0 Å². The molecule has 3 heteroatoms. The van der Waals surface area contributed by atoms with Crippen LogP contribution in [0.2, 0.25) is 0 Å². The maximum Gasteiger partial charge on any atom is 0.119 e. The molecule has 3 nitrogen and oxygen atoms in total. The minimum atomic E-state index is 0.297. The quantitative estimate of drug-likeness (QED) is 0.860. The third-order valence-electron chi connectivity index (χ3n) is 4.10. The van der Waals surface area contributed by atoms with Crippen LogP contribution in [0.1, 0.15) is 51.1 Å². The highest BCUT2D eigenvalue weighted by Gasteiger charge is 2.23.